The van der Waals surface area contributed by atoms with Gasteiger partial charge in [0.05, 0.1) is 0 Å². The van der Waals surface area contributed by atoms with Gasteiger partial charge in [-0.2, -0.15) is 0 Å². The fraction of sp³-hybridized carbons (Fsp3) is 0.545. The number of carboxylic acids is 1. The number of alkyl halides is 2. The van der Waals surface area contributed by atoms with Crippen LogP contribution in [0.1, 0.15) is 44.6 Å². The summed E-state index contributed by atoms with van der Waals surface area (Å²) in [5.74, 6) is 0.629. The van der Waals surface area contributed by atoms with Gasteiger partial charge in [-0.25, -0.2) is 0 Å². The lowest BCUT2D eigenvalue weighted by atomic mass is 9.94. The molecule has 1 fully saturated rings. The third-order valence-corrected chi connectivity index (χ3v) is 8.28. The molecule has 1 aromatic rings. The zero-order chi connectivity index (χ0) is 22.1. The Balaban J connectivity index is 1.92. The highest BCUT2D eigenvalue weighted by Crippen LogP contribution is 2.44. The van der Waals surface area contributed by atoms with Crippen LogP contribution in [0.2, 0.25) is 5.02 Å². The minimum Gasteiger partial charge on any atom is -0.481 e. The molecule has 1 aliphatic carbocycles. The van der Waals surface area contributed by atoms with Crippen LogP contribution in [-0.2, 0) is 20.9 Å². The summed E-state index contributed by atoms with van der Waals surface area (Å²) in [5, 5.41) is 9.38. The van der Waals surface area contributed by atoms with Gasteiger partial charge in [-0.05, 0) is 61.3 Å². The van der Waals surface area contributed by atoms with Gasteiger partial charge in [0, 0.05) is 39.2 Å². The molecule has 1 aliphatic rings. The maximum atomic E-state index is 11.1. The lowest BCUT2D eigenvalue weighted by molar-refractivity contribution is -0.142. The number of benzene rings is 1. The zero-order valence-electron chi connectivity index (χ0n) is 16.9. The molecule has 0 saturated heterocycles. The molecule has 2 rings (SSSR count). The Kier molecular flexibility index (Phi) is 11.1. The number of halogens is 3. The van der Waals surface area contributed by atoms with E-state index >= 15 is 0 Å². The van der Waals surface area contributed by atoms with Crippen LogP contribution in [0.5, 0.6) is 0 Å². The van der Waals surface area contributed by atoms with E-state index in [1.54, 1.807) is 17.8 Å². The topological polar surface area (TPSA) is 63.6 Å². The van der Waals surface area contributed by atoms with Crippen LogP contribution >= 0.6 is 50.9 Å². The minimum atomic E-state index is -0.750. The quantitative estimate of drug-likeness (QED) is 0.112. The molecule has 0 amide bonds. The molecule has 0 heterocycles. The minimum absolute atomic E-state index is 0.0580. The van der Waals surface area contributed by atoms with Crippen LogP contribution in [0.15, 0.2) is 35.2 Å². The number of carbonyl (C=O) groups excluding carboxylic acids is 1. The molecule has 0 radical (unpaired) electrons. The number of aliphatic carboxylic acids is 1. The van der Waals surface area contributed by atoms with Crippen LogP contribution < -0.4 is 0 Å². The highest BCUT2D eigenvalue weighted by molar-refractivity contribution is 9.09. The molecule has 0 aliphatic heterocycles. The first-order chi connectivity index (χ1) is 14.3. The summed E-state index contributed by atoms with van der Waals surface area (Å²) in [7, 11) is 0. The SMILES string of the molecule is CC(=O)OCc1cc(Cl)cc(SC[C@H]2C(Cl)C(Br)C[C@@H]2C/C=C\CCCC(=O)O)c1. The second-order valence-corrected chi connectivity index (χ2v) is 10.7. The largest absolute Gasteiger partial charge is 0.481 e. The predicted octanol–water partition coefficient (Wildman–Crippen LogP) is 6.70. The molecular weight excluding hydrogens is 511 g/mol. The van der Waals surface area contributed by atoms with Gasteiger partial charge in [-0.15, -0.1) is 23.4 Å². The number of ether oxygens (including phenoxy) is 1. The standard InChI is InChI=1S/C22H27BrCl2O4S/c1-14(26)29-12-15-8-17(24)11-18(9-15)30-13-19-16(10-20(23)22(19)25)6-4-2-3-5-7-21(27)28/h2,4,8-9,11,16,19-20,22H,3,5-7,10,12-13H2,1H3,(H,27,28)/b4-2-/t16-,19+,20?,22?/m0/s1. The van der Waals surface area contributed by atoms with E-state index in [9.17, 15) is 9.59 Å². The number of carbonyl (C=O) groups is 2. The molecule has 4 nitrogen and oxygen atoms in total. The van der Waals surface area contributed by atoms with Crippen LogP contribution in [0.4, 0.5) is 0 Å². The molecule has 0 aromatic heterocycles. The lowest BCUT2D eigenvalue weighted by Crippen LogP contribution is -2.20. The number of hydrogen-bond donors (Lipinski definition) is 1. The fourth-order valence-electron chi connectivity index (χ4n) is 3.55. The summed E-state index contributed by atoms with van der Waals surface area (Å²) in [5.41, 5.74) is 0.869. The molecular formula is C22H27BrCl2O4S. The van der Waals surface area contributed by atoms with E-state index in [0.29, 0.717) is 23.3 Å². The molecule has 166 valence electrons. The van der Waals surface area contributed by atoms with Crippen molar-refractivity contribution in [3.05, 3.63) is 40.9 Å². The summed E-state index contributed by atoms with van der Waals surface area (Å²) < 4.78 is 5.08. The highest BCUT2D eigenvalue weighted by atomic mass is 79.9. The molecule has 4 atom stereocenters. The van der Waals surface area contributed by atoms with E-state index in [1.165, 1.54) is 6.92 Å². The van der Waals surface area contributed by atoms with Crippen molar-refractivity contribution >= 4 is 62.8 Å². The summed E-state index contributed by atoms with van der Waals surface area (Å²) in [6.07, 6.45) is 7.86. The normalized spacial score (nSPS) is 23.7. The second-order valence-electron chi connectivity index (χ2n) is 7.50. The van der Waals surface area contributed by atoms with Crippen molar-refractivity contribution in [2.45, 2.75) is 60.7 Å². The summed E-state index contributed by atoms with van der Waals surface area (Å²) in [6, 6.07) is 5.73. The van der Waals surface area contributed by atoms with Crippen LogP contribution in [0.3, 0.4) is 0 Å². The first-order valence-electron chi connectivity index (χ1n) is 9.96. The first-order valence-corrected chi connectivity index (χ1v) is 12.7. The van der Waals surface area contributed by atoms with Crippen molar-refractivity contribution in [2.24, 2.45) is 11.8 Å². The monoisotopic (exact) mass is 536 g/mol. The van der Waals surface area contributed by atoms with Crippen molar-refractivity contribution in [1.29, 1.82) is 0 Å². The molecule has 2 unspecified atom stereocenters. The number of carboxylic acid groups (broad SMARTS) is 1. The van der Waals surface area contributed by atoms with E-state index in [2.05, 4.69) is 28.1 Å². The predicted molar refractivity (Wildman–Crippen MR) is 127 cm³/mol. The van der Waals surface area contributed by atoms with Gasteiger partial charge in [0.25, 0.3) is 0 Å². The van der Waals surface area contributed by atoms with Gasteiger partial charge in [0.15, 0.2) is 0 Å². The zero-order valence-corrected chi connectivity index (χ0v) is 20.8. The Hall–Kier alpha value is -0.690. The highest BCUT2D eigenvalue weighted by Gasteiger charge is 2.40. The van der Waals surface area contributed by atoms with Crippen LogP contribution in [0.25, 0.3) is 0 Å². The number of hydrogen-bond acceptors (Lipinski definition) is 4. The summed E-state index contributed by atoms with van der Waals surface area (Å²) in [6.45, 7) is 1.60. The molecule has 30 heavy (non-hydrogen) atoms. The van der Waals surface area contributed by atoms with Gasteiger partial charge in [-0.3, -0.25) is 9.59 Å². The third-order valence-electron chi connectivity index (χ3n) is 5.07. The molecule has 0 bridgehead atoms. The van der Waals surface area contributed by atoms with E-state index in [0.717, 1.165) is 35.5 Å². The van der Waals surface area contributed by atoms with Crippen molar-refractivity contribution < 1.29 is 19.4 Å². The Morgan fingerprint density at radius 3 is 2.80 bits per heavy atom. The van der Waals surface area contributed by atoms with E-state index in [1.807, 2.05) is 12.1 Å². The van der Waals surface area contributed by atoms with E-state index in [-0.39, 0.29) is 29.2 Å². The van der Waals surface area contributed by atoms with Crippen LogP contribution in [0, 0.1) is 11.8 Å². The summed E-state index contributed by atoms with van der Waals surface area (Å²) >= 11 is 18.4. The Morgan fingerprint density at radius 1 is 1.33 bits per heavy atom. The van der Waals surface area contributed by atoms with Crippen LogP contribution in [-0.4, -0.2) is 33.0 Å². The molecule has 8 heteroatoms. The number of esters is 1. The van der Waals surface area contributed by atoms with Gasteiger partial charge in [0.1, 0.15) is 6.61 Å². The average molecular weight is 538 g/mol. The maximum Gasteiger partial charge on any atom is 0.303 e. The number of rotatable bonds is 11. The Labute approximate surface area is 200 Å². The van der Waals surface area contributed by atoms with Crippen molar-refractivity contribution in [2.75, 3.05) is 5.75 Å². The van der Waals surface area contributed by atoms with Gasteiger partial charge >= 0.3 is 11.9 Å². The molecule has 0 spiro atoms. The van der Waals surface area contributed by atoms with E-state index in [4.69, 9.17) is 33.0 Å². The fourth-order valence-corrected chi connectivity index (χ4v) is 6.55. The molecule has 1 N–H and O–H groups in total. The third kappa shape index (κ3) is 8.81. The number of allylic oxidation sites excluding steroid dienone is 2. The molecule has 1 aromatic carbocycles. The Morgan fingerprint density at radius 2 is 2.10 bits per heavy atom. The maximum absolute atomic E-state index is 11.1. The number of thioether (sulfide) groups is 1. The van der Waals surface area contributed by atoms with Crippen molar-refractivity contribution in [3.8, 4) is 0 Å². The van der Waals surface area contributed by atoms with Gasteiger partial charge in [-0.1, -0.05) is 39.7 Å². The second kappa shape index (κ2) is 13.0. The lowest BCUT2D eigenvalue weighted by Gasteiger charge is -2.21. The number of unbranched alkanes of at least 4 members (excludes halogenated alkanes) is 1. The first kappa shape index (κ1) is 25.6. The Bertz CT molecular complexity index is 759. The van der Waals surface area contributed by atoms with Crippen molar-refractivity contribution in [1.82, 2.24) is 0 Å². The average Bonchev–Trinajstić information content (AvgIpc) is 2.94. The summed E-state index contributed by atoms with van der Waals surface area (Å²) in [4.78, 5) is 23.0. The van der Waals surface area contributed by atoms with Crippen molar-refractivity contribution in [3.63, 3.8) is 0 Å². The van der Waals surface area contributed by atoms with Gasteiger partial charge in [0.2, 0.25) is 0 Å². The smallest absolute Gasteiger partial charge is 0.303 e. The van der Waals surface area contributed by atoms with E-state index < -0.39 is 5.97 Å². The molecule has 1 saturated carbocycles. The van der Waals surface area contributed by atoms with Gasteiger partial charge < -0.3 is 9.84 Å².